The number of aromatic nitrogens is 4. The minimum absolute atomic E-state index is 0.647. The Morgan fingerprint density at radius 1 is 0.339 bits per heavy atom. The molecule has 3 aromatic heterocycles. The highest BCUT2D eigenvalue weighted by Gasteiger charge is 2.23. The second-order valence-electron chi connectivity index (χ2n) is 14.6. The summed E-state index contributed by atoms with van der Waals surface area (Å²) in [5, 5.41) is 10.6. The molecule has 0 bridgehead atoms. The van der Waals surface area contributed by atoms with Crippen molar-refractivity contribution < 1.29 is 0 Å². The van der Waals surface area contributed by atoms with Crippen LogP contribution >= 0.6 is 0 Å². The first kappa shape index (κ1) is 30.9. The van der Waals surface area contributed by atoms with Gasteiger partial charge in [0.25, 0.3) is 0 Å². The van der Waals surface area contributed by atoms with Gasteiger partial charge < -0.3 is 4.57 Å². The number of benzene rings is 9. The summed E-state index contributed by atoms with van der Waals surface area (Å²) in [6.07, 6.45) is 0. The van der Waals surface area contributed by atoms with Crippen LogP contribution in [0.5, 0.6) is 0 Å². The summed E-state index contributed by atoms with van der Waals surface area (Å²) < 4.78 is 4.70. The van der Waals surface area contributed by atoms with Crippen LogP contribution in [0.2, 0.25) is 0 Å². The lowest BCUT2D eigenvalue weighted by atomic mass is 9.94. The monoisotopic (exact) mass is 712 g/mol. The van der Waals surface area contributed by atoms with Crippen LogP contribution in [0, 0.1) is 0 Å². The first-order valence-electron chi connectivity index (χ1n) is 19.1. The van der Waals surface area contributed by atoms with Crippen LogP contribution in [-0.4, -0.2) is 19.1 Å². The molecule has 12 rings (SSSR count). The third kappa shape index (κ3) is 4.53. The number of para-hydroxylation sites is 4. The van der Waals surface area contributed by atoms with Gasteiger partial charge in [-0.05, 0) is 75.6 Å². The van der Waals surface area contributed by atoms with Crippen molar-refractivity contribution in [2.75, 3.05) is 0 Å². The molecule has 56 heavy (non-hydrogen) atoms. The van der Waals surface area contributed by atoms with Crippen molar-refractivity contribution in [3.8, 4) is 34.0 Å². The van der Waals surface area contributed by atoms with Gasteiger partial charge in [0.2, 0.25) is 5.95 Å². The van der Waals surface area contributed by atoms with Crippen LogP contribution in [0.4, 0.5) is 0 Å². The molecular weight excluding hydrogens is 681 g/mol. The van der Waals surface area contributed by atoms with E-state index in [9.17, 15) is 0 Å². The van der Waals surface area contributed by atoms with E-state index in [4.69, 9.17) is 9.97 Å². The molecule has 0 aliphatic rings. The van der Waals surface area contributed by atoms with Crippen LogP contribution in [0.25, 0.3) is 110 Å². The van der Waals surface area contributed by atoms with Gasteiger partial charge in [0.05, 0.1) is 33.3 Å². The maximum atomic E-state index is 5.52. The summed E-state index contributed by atoms with van der Waals surface area (Å²) in [6.45, 7) is 0. The molecule has 12 aromatic rings. The standard InChI is InChI=1S/C52H32N4/c1-2-17-38(18-3-1)55-46-24-12-9-20-40(46)42-29-28-36(32-48(42)55)49-39-19-7-6-16-35(39)31-44-41-21-10-13-25-47(41)56(51(44)49)52-53-45-23-11-8-22-43(45)50(54-52)37-27-26-33-14-4-5-15-34(33)30-37/h1-32H. The van der Waals surface area contributed by atoms with Crippen LogP contribution in [-0.2, 0) is 0 Å². The Bertz CT molecular complexity index is 3540. The van der Waals surface area contributed by atoms with E-state index in [1.165, 1.54) is 48.7 Å². The molecule has 0 aliphatic heterocycles. The smallest absolute Gasteiger partial charge is 0.235 e. The SMILES string of the molecule is c1ccc(-n2c3ccccc3c3ccc(-c4c5ccccc5cc5c6ccccc6n(-c6nc(-c7ccc8ccccc8c7)c7ccccc7n6)c45)cc32)cc1. The van der Waals surface area contributed by atoms with Gasteiger partial charge in [-0.1, -0.05) is 146 Å². The van der Waals surface area contributed by atoms with Crippen LogP contribution < -0.4 is 0 Å². The summed E-state index contributed by atoms with van der Waals surface area (Å²) in [5.74, 6) is 0.647. The van der Waals surface area contributed by atoms with E-state index in [0.717, 1.165) is 55.4 Å². The second-order valence-corrected chi connectivity index (χ2v) is 14.6. The molecule has 0 N–H and O–H groups in total. The Kier molecular flexibility index (Phi) is 6.60. The van der Waals surface area contributed by atoms with E-state index in [1.54, 1.807) is 0 Å². The normalized spacial score (nSPS) is 11.9. The molecule has 0 fully saturated rings. The molecule has 0 saturated heterocycles. The molecule has 260 valence electrons. The maximum Gasteiger partial charge on any atom is 0.235 e. The zero-order chi connectivity index (χ0) is 36.7. The highest BCUT2D eigenvalue weighted by Crippen LogP contribution is 2.44. The zero-order valence-corrected chi connectivity index (χ0v) is 30.3. The highest BCUT2D eigenvalue weighted by molar-refractivity contribution is 6.22. The van der Waals surface area contributed by atoms with Gasteiger partial charge in [-0.2, -0.15) is 0 Å². The molecule has 0 unspecified atom stereocenters. The molecule has 9 aromatic carbocycles. The van der Waals surface area contributed by atoms with Crippen molar-refractivity contribution in [3.63, 3.8) is 0 Å². The van der Waals surface area contributed by atoms with Gasteiger partial charge in [0, 0.05) is 43.7 Å². The van der Waals surface area contributed by atoms with Gasteiger partial charge in [0.1, 0.15) is 0 Å². The molecule has 0 amide bonds. The fraction of sp³-hybridized carbons (Fsp3) is 0. The number of nitrogens with zero attached hydrogens (tertiary/aromatic N) is 4. The zero-order valence-electron chi connectivity index (χ0n) is 30.3. The Balaban J connectivity index is 1.21. The molecule has 3 heterocycles. The molecular formula is C52H32N4. The summed E-state index contributed by atoms with van der Waals surface area (Å²) in [5.41, 5.74) is 10.8. The van der Waals surface area contributed by atoms with E-state index in [1.807, 2.05) is 0 Å². The summed E-state index contributed by atoms with van der Waals surface area (Å²) >= 11 is 0. The lowest BCUT2D eigenvalue weighted by Gasteiger charge is -2.16. The van der Waals surface area contributed by atoms with Crippen molar-refractivity contribution in [1.82, 2.24) is 19.1 Å². The summed E-state index contributed by atoms with van der Waals surface area (Å²) in [4.78, 5) is 10.9. The minimum atomic E-state index is 0.647. The summed E-state index contributed by atoms with van der Waals surface area (Å²) in [7, 11) is 0. The third-order valence-corrected chi connectivity index (χ3v) is 11.5. The first-order valence-corrected chi connectivity index (χ1v) is 19.1. The molecule has 0 atom stereocenters. The van der Waals surface area contributed by atoms with Crippen molar-refractivity contribution in [1.29, 1.82) is 0 Å². The van der Waals surface area contributed by atoms with E-state index < -0.39 is 0 Å². The lowest BCUT2D eigenvalue weighted by molar-refractivity contribution is 1.01. The van der Waals surface area contributed by atoms with Crippen molar-refractivity contribution >= 4 is 76.1 Å². The summed E-state index contributed by atoms with van der Waals surface area (Å²) in [6, 6.07) is 69.7. The van der Waals surface area contributed by atoms with E-state index >= 15 is 0 Å². The Labute approximate surface area is 322 Å². The predicted octanol–water partition coefficient (Wildman–Crippen LogP) is 13.5. The van der Waals surface area contributed by atoms with E-state index in [-0.39, 0.29) is 0 Å². The fourth-order valence-corrected chi connectivity index (χ4v) is 8.99. The van der Waals surface area contributed by atoms with Gasteiger partial charge >= 0.3 is 0 Å². The highest BCUT2D eigenvalue weighted by atomic mass is 15.2. The molecule has 4 heteroatoms. The molecule has 0 radical (unpaired) electrons. The van der Waals surface area contributed by atoms with E-state index in [0.29, 0.717) is 5.95 Å². The Morgan fingerprint density at radius 3 is 1.77 bits per heavy atom. The van der Waals surface area contributed by atoms with Gasteiger partial charge in [-0.15, -0.1) is 0 Å². The number of fused-ring (bicyclic) bond motifs is 9. The predicted molar refractivity (Wildman–Crippen MR) is 234 cm³/mol. The average Bonchev–Trinajstić information content (AvgIpc) is 3.77. The molecule has 0 spiro atoms. The van der Waals surface area contributed by atoms with Gasteiger partial charge in [-0.25, -0.2) is 9.97 Å². The molecule has 0 saturated carbocycles. The lowest BCUT2D eigenvalue weighted by Crippen LogP contribution is -2.04. The van der Waals surface area contributed by atoms with Crippen LogP contribution in [0.15, 0.2) is 194 Å². The first-order chi connectivity index (χ1) is 27.8. The Hall–Kier alpha value is -7.56. The minimum Gasteiger partial charge on any atom is -0.309 e. The van der Waals surface area contributed by atoms with E-state index in [2.05, 4.69) is 203 Å². The fourth-order valence-electron chi connectivity index (χ4n) is 8.99. The van der Waals surface area contributed by atoms with Crippen molar-refractivity contribution in [3.05, 3.63) is 194 Å². The number of hydrogen-bond acceptors (Lipinski definition) is 2. The van der Waals surface area contributed by atoms with Crippen molar-refractivity contribution in [2.45, 2.75) is 0 Å². The van der Waals surface area contributed by atoms with Gasteiger partial charge in [-0.3, -0.25) is 4.57 Å². The molecule has 0 aliphatic carbocycles. The topological polar surface area (TPSA) is 35.6 Å². The number of hydrogen-bond donors (Lipinski definition) is 0. The van der Waals surface area contributed by atoms with Crippen molar-refractivity contribution in [2.24, 2.45) is 0 Å². The maximum absolute atomic E-state index is 5.52. The quantitative estimate of drug-likeness (QED) is 0.182. The Morgan fingerprint density at radius 2 is 0.946 bits per heavy atom. The number of rotatable bonds is 4. The largest absolute Gasteiger partial charge is 0.309 e. The van der Waals surface area contributed by atoms with Gasteiger partial charge in [0.15, 0.2) is 0 Å². The van der Waals surface area contributed by atoms with Crippen LogP contribution in [0.1, 0.15) is 0 Å². The molecule has 4 nitrogen and oxygen atoms in total. The third-order valence-electron chi connectivity index (χ3n) is 11.5. The van der Waals surface area contributed by atoms with Crippen LogP contribution in [0.3, 0.4) is 0 Å². The second kappa shape index (κ2) is 12.0. The average molecular weight is 713 g/mol.